The molecule has 5 rings (SSSR count). The Morgan fingerprint density at radius 2 is 2.04 bits per heavy atom. The normalized spacial score (nSPS) is 34.6. The van der Waals surface area contributed by atoms with Gasteiger partial charge in [-0.3, -0.25) is 9.69 Å². The molecule has 1 saturated heterocycles. The summed E-state index contributed by atoms with van der Waals surface area (Å²) in [6.45, 7) is 2.17. The lowest BCUT2D eigenvalue weighted by atomic mass is 9.52. The maximum absolute atomic E-state index is 13.5. The first-order valence-corrected chi connectivity index (χ1v) is 10.1. The number of carbonyl (C=O) groups excluding carboxylic acids is 1. The van der Waals surface area contributed by atoms with Crippen molar-refractivity contribution in [3.63, 3.8) is 0 Å². The molecule has 0 unspecified atom stereocenters. The van der Waals surface area contributed by atoms with Gasteiger partial charge < -0.3 is 0 Å². The number of carbonyl (C=O) groups is 1. The highest BCUT2D eigenvalue weighted by molar-refractivity contribution is 6.03. The number of piperidine rings is 1. The third-order valence-electron chi connectivity index (χ3n) is 7.65. The van der Waals surface area contributed by atoms with Crippen LogP contribution in [0.3, 0.4) is 0 Å². The summed E-state index contributed by atoms with van der Waals surface area (Å²) in [7, 11) is 0. The molecule has 3 atom stereocenters. The fourth-order valence-corrected chi connectivity index (χ4v) is 6.20. The molecule has 0 spiro atoms. The van der Waals surface area contributed by atoms with Crippen LogP contribution < -0.4 is 0 Å². The molecule has 130 valence electrons. The van der Waals surface area contributed by atoms with Crippen LogP contribution in [-0.4, -0.2) is 29.8 Å². The molecule has 2 bridgehead atoms. The van der Waals surface area contributed by atoms with E-state index in [0.717, 1.165) is 31.0 Å². The second kappa shape index (κ2) is 5.68. The van der Waals surface area contributed by atoms with Crippen LogP contribution in [0, 0.1) is 23.2 Å². The van der Waals surface area contributed by atoms with Gasteiger partial charge in [-0.1, -0.05) is 19.3 Å². The van der Waals surface area contributed by atoms with Crippen molar-refractivity contribution >= 4 is 5.78 Å². The van der Waals surface area contributed by atoms with Crippen molar-refractivity contribution in [3.8, 4) is 6.07 Å². The SMILES string of the molecule is N#Cc1ccc2c(c1)[C@]13CCCC[C@H]1[C@H](C2=O)N(CC1CCC1)CC3. The third-order valence-corrected chi connectivity index (χ3v) is 7.65. The van der Waals surface area contributed by atoms with Gasteiger partial charge in [0.05, 0.1) is 17.7 Å². The minimum Gasteiger partial charge on any atom is -0.293 e. The standard InChI is InChI=1S/C22H26N2O/c23-13-16-7-8-17-19(12-16)22-9-2-1-6-18(22)20(21(17)25)24(11-10-22)14-15-4-3-5-15/h7-8,12,15,18,20H,1-6,9-11,14H2/t18-,20+,22-/m0/s1. The average Bonchev–Trinajstić information content (AvgIpc) is 2.62. The predicted molar refractivity (Wildman–Crippen MR) is 96.4 cm³/mol. The van der Waals surface area contributed by atoms with Crippen molar-refractivity contribution in [1.29, 1.82) is 5.26 Å². The molecule has 1 aliphatic heterocycles. The van der Waals surface area contributed by atoms with Gasteiger partial charge in [-0.2, -0.15) is 5.26 Å². The van der Waals surface area contributed by atoms with E-state index < -0.39 is 0 Å². The molecule has 3 heteroatoms. The van der Waals surface area contributed by atoms with Crippen molar-refractivity contribution in [1.82, 2.24) is 4.90 Å². The summed E-state index contributed by atoms with van der Waals surface area (Å²) in [6.07, 6.45) is 10.1. The summed E-state index contributed by atoms with van der Waals surface area (Å²) in [4.78, 5) is 16.0. The molecule has 1 aromatic carbocycles. The second-order valence-corrected chi connectivity index (χ2v) is 8.73. The minimum atomic E-state index is 0.0927. The van der Waals surface area contributed by atoms with E-state index in [2.05, 4.69) is 11.0 Å². The molecule has 0 N–H and O–H groups in total. The van der Waals surface area contributed by atoms with Crippen LogP contribution in [-0.2, 0) is 5.41 Å². The molecule has 1 aromatic rings. The largest absolute Gasteiger partial charge is 0.293 e. The van der Waals surface area contributed by atoms with Gasteiger partial charge >= 0.3 is 0 Å². The highest BCUT2D eigenvalue weighted by Crippen LogP contribution is 2.56. The zero-order chi connectivity index (χ0) is 17.0. The molecule has 0 amide bonds. The van der Waals surface area contributed by atoms with E-state index in [0.29, 0.717) is 17.3 Å². The number of hydrogen-bond donors (Lipinski definition) is 0. The van der Waals surface area contributed by atoms with Gasteiger partial charge in [0.15, 0.2) is 5.78 Å². The van der Waals surface area contributed by atoms with Crippen LogP contribution >= 0.6 is 0 Å². The number of Topliss-reactive ketones (excluding diaryl/α,β-unsaturated/α-hetero) is 1. The van der Waals surface area contributed by atoms with Crippen LogP contribution in [0.4, 0.5) is 0 Å². The zero-order valence-corrected chi connectivity index (χ0v) is 14.8. The Labute approximate surface area is 150 Å². The maximum atomic E-state index is 13.5. The Kier molecular flexibility index (Phi) is 3.54. The molecule has 4 aliphatic rings. The quantitative estimate of drug-likeness (QED) is 0.819. The summed E-state index contributed by atoms with van der Waals surface area (Å²) in [6, 6.07) is 8.21. The van der Waals surface area contributed by atoms with Crippen molar-refractivity contribution in [2.75, 3.05) is 13.1 Å². The number of ketones is 1. The van der Waals surface area contributed by atoms with Gasteiger partial charge in [-0.05, 0) is 74.2 Å². The molecule has 1 heterocycles. The third kappa shape index (κ3) is 2.16. The smallest absolute Gasteiger partial charge is 0.180 e. The van der Waals surface area contributed by atoms with Crippen LogP contribution in [0.15, 0.2) is 18.2 Å². The lowest BCUT2D eigenvalue weighted by Crippen LogP contribution is -2.64. The second-order valence-electron chi connectivity index (χ2n) is 8.73. The monoisotopic (exact) mass is 334 g/mol. The Bertz CT molecular complexity index is 760. The minimum absolute atomic E-state index is 0.0927. The van der Waals surface area contributed by atoms with Gasteiger partial charge in [0.1, 0.15) is 0 Å². The fourth-order valence-electron chi connectivity index (χ4n) is 6.20. The van der Waals surface area contributed by atoms with Crippen LogP contribution in [0.5, 0.6) is 0 Å². The zero-order valence-electron chi connectivity index (χ0n) is 14.8. The predicted octanol–water partition coefficient (Wildman–Crippen LogP) is 4.06. The topological polar surface area (TPSA) is 44.1 Å². The number of likely N-dealkylation sites (tertiary alicyclic amines) is 1. The summed E-state index contributed by atoms with van der Waals surface area (Å²) in [5.74, 6) is 1.61. The van der Waals surface area contributed by atoms with Crippen molar-refractivity contribution in [2.24, 2.45) is 11.8 Å². The lowest BCUT2D eigenvalue weighted by Gasteiger charge is -2.58. The van der Waals surface area contributed by atoms with Crippen LogP contribution in [0.2, 0.25) is 0 Å². The fraction of sp³-hybridized carbons (Fsp3) is 0.636. The van der Waals surface area contributed by atoms with Gasteiger partial charge in [-0.15, -0.1) is 0 Å². The van der Waals surface area contributed by atoms with E-state index in [9.17, 15) is 10.1 Å². The van der Waals surface area contributed by atoms with E-state index >= 15 is 0 Å². The first kappa shape index (κ1) is 15.6. The number of nitrogens with zero attached hydrogens (tertiary/aromatic N) is 2. The molecule has 3 fully saturated rings. The van der Waals surface area contributed by atoms with Crippen LogP contribution in [0.25, 0.3) is 0 Å². The summed E-state index contributed by atoms with van der Waals surface area (Å²) < 4.78 is 0. The van der Waals surface area contributed by atoms with E-state index in [1.807, 2.05) is 18.2 Å². The lowest BCUT2D eigenvalue weighted by molar-refractivity contribution is -0.0134. The molecular weight excluding hydrogens is 308 g/mol. The molecular formula is C22H26N2O. The Morgan fingerprint density at radius 3 is 2.80 bits per heavy atom. The number of hydrogen-bond acceptors (Lipinski definition) is 3. The highest BCUT2D eigenvalue weighted by Gasteiger charge is 2.57. The number of nitriles is 1. The summed E-state index contributed by atoms with van der Waals surface area (Å²) in [5.41, 5.74) is 2.98. The molecule has 3 nitrogen and oxygen atoms in total. The number of fused-ring (bicyclic) bond motifs is 1. The molecule has 25 heavy (non-hydrogen) atoms. The molecule has 2 saturated carbocycles. The van der Waals surface area contributed by atoms with Crippen LogP contribution in [0.1, 0.15) is 72.9 Å². The summed E-state index contributed by atoms with van der Waals surface area (Å²) >= 11 is 0. The van der Waals surface area contributed by atoms with Crippen molar-refractivity contribution in [2.45, 2.75) is 62.8 Å². The highest BCUT2D eigenvalue weighted by atomic mass is 16.1. The van der Waals surface area contributed by atoms with Gasteiger partial charge in [-0.25, -0.2) is 0 Å². The van der Waals surface area contributed by atoms with Gasteiger partial charge in [0, 0.05) is 17.5 Å². The average molecular weight is 334 g/mol. The first-order valence-electron chi connectivity index (χ1n) is 10.1. The number of benzene rings is 1. The summed E-state index contributed by atoms with van der Waals surface area (Å²) in [5, 5.41) is 9.36. The Balaban J connectivity index is 1.61. The van der Waals surface area contributed by atoms with E-state index in [4.69, 9.17) is 0 Å². The Hall–Kier alpha value is -1.66. The van der Waals surface area contributed by atoms with Crippen molar-refractivity contribution in [3.05, 3.63) is 34.9 Å². The molecule has 3 aliphatic carbocycles. The van der Waals surface area contributed by atoms with Gasteiger partial charge in [0.2, 0.25) is 0 Å². The van der Waals surface area contributed by atoms with E-state index in [1.54, 1.807) is 0 Å². The molecule has 0 radical (unpaired) electrons. The maximum Gasteiger partial charge on any atom is 0.180 e. The molecule has 0 aromatic heterocycles. The number of rotatable bonds is 2. The first-order chi connectivity index (χ1) is 12.2. The van der Waals surface area contributed by atoms with E-state index in [-0.39, 0.29) is 11.5 Å². The van der Waals surface area contributed by atoms with Crippen molar-refractivity contribution < 1.29 is 4.79 Å². The van der Waals surface area contributed by atoms with Gasteiger partial charge in [0.25, 0.3) is 0 Å². The van der Waals surface area contributed by atoms with E-state index in [1.165, 1.54) is 50.5 Å². The Morgan fingerprint density at radius 1 is 1.16 bits per heavy atom.